The first-order valence-electron chi connectivity index (χ1n) is 9.00. The number of carbonyl (C=O) groups is 2. The minimum Gasteiger partial charge on any atom is -0.465 e. The number of hydrogen-bond donors (Lipinski definition) is 0. The molecule has 9 heteroatoms. The van der Waals surface area contributed by atoms with Crippen LogP contribution in [0, 0.1) is 0 Å². The zero-order valence-corrected chi connectivity index (χ0v) is 18.0. The molecular formula is C19H25ClN2O5S. The van der Waals surface area contributed by atoms with E-state index in [0.29, 0.717) is 17.0 Å². The highest BCUT2D eigenvalue weighted by atomic mass is 35.5. The van der Waals surface area contributed by atoms with E-state index in [1.165, 1.54) is 24.3 Å². The zero-order valence-electron chi connectivity index (χ0n) is 16.4. The van der Waals surface area contributed by atoms with Crippen molar-refractivity contribution in [1.82, 2.24) is 9.21 Å². The maximum Gasteiger partial charge on any atom is 0.324 e. The summed E-state index contributed by atoms with van der Waals surface area (Å²) in [6.07, 6.45) is 1.68. The van der Waals surface area contributed by atoms with E-state index in [2.05, 4.69) is 0 Å². The Morgan fingerprint density at radius 3 is 2.39 bits per heavy atom. The van der Waals surface area contributed by atoms with Crippen LogP contribution in [0.15, 0.2) is 40.9 Å². The Hall–Kier alpha value is -1.90. The monoisotopic (exact) mass is 428 g/mol. The van der Waals surface area contributed by atoms with Crippen molar-refractivity contribution >= 4 is 33.4 Å². The summed E-state index contributed by atoms with van der Waals surface area (Å²) >= 11 is 5.88. The highest BCUT2D eigenvalue weighted by Gasteiger charge is 2.48. The van der Waals surface area contributed by atoms with Crippen molar-refractivity contribution in [1.29, 1.82) is 0 Å². The van der Waals surface area contributed by atoms with Crippen LogP contribution in [0.5, 0.6) is 0 Å². The van der Waals surface area contributed by atoms with E-state index in [1.807, 2.05) is 0 Å². The summed E-state index contributed by atoms with van der Waals surface area (Å²) < 4.78 is 33.1. The van der Waals surface area contributed by atoms with Gasteiger partial charge in [0.2, 0.25) is 10.0 Å². The second-order valence-electron chi connectivity index (χ2n) is 6.66. The van der Waals surface area contributed by atoms with E-state index in [1.54, 1.807) is 39.0 Å². The number of ketones is 1. The predicted molar refractivity (Wildman–Crippen MR) is 106 cm³/mol. The van der Waals surface area contributed by atoms with Crippen molar-refractivity contribution in [3.8, 4) is 0 Å². The second-order valence-corrected chi connectivity index (χ2v) is 8.94. The lowest BCUT2D eigenvalue weighted by Crippen LogP contribution is -2.57. The number of ether oxygens (including phenoxy) is 1. The van der Waals surface area contributed by atoms with Crippen LogP contribution in [0.1, 0.15) is 26.7 Å². The highest BCUT2D eigenvalue weighted by Crippen LogP contribution is 2.34. The Kier molecular flexibility index (Phi) is 7.25. The average Bonchev–Trinajstić information content (AvgIpc) is 2.62. The minimum absolute atomic E-state index is 0.00296. The molecule has 1 fully saturated rings. The van der Waals surface area contributed by atoms with Crippen molar-refractivity contribution < 1.29 is 22.7 Å². The van der Waals surface area contributed by atoms with Gasteiger partial charge in [0.25, 0.3) is 0 Å². The molecule has 154 valence electrons. The summed E-state index contributed by atoms with van der Waals surface area (Å²) in [6.45, 7) is 3.50. The SMILES string of the molecule is CCOC(=O)C1CC(=O)/C(=C\N(C)C)C(CC)N1S(=O)(=O)c1ccc(Cl)cc1. The third-order valence-corrected chi connectivity index (χ3v) is 6.59. The fourth-order valence-electron chi connectivity index (χ4n) is 3.25. The van der Waals surface area contributed by atoms with Crippen LogP contribution in [0.2, 0.25) is 5.02 Å². The molecule has 1 aliphatic rings. The molecule has 0 N–H and O–H groups in total. The Bertz CT molecular complexity index is 865. The third-order valence-electron chi connectivity index (χ3n) is 4.41. The number of esters is 1. The van der Waals surface area contributed by atoms with Crippen LogP contribution in [0.3, 0.4) is 0 Å². The second kappa shape index (κ2) is 9.07. The predicted octanol–water partition coefficient (Wildman–Crippen LogP) is 2.46. The molecule has 0 radical (unpaired) electrons. The quantitative estimate of drug-likeness (QED) is 0.511. The number of halogens is 1. The lowest BCUT2D eigenvalue weighted by atomic mass is 9.90. The molecule has 7 nitrogen and oxygen atoms in total. The Morgan fingerprint density at radius 1 is 1.29 bits per heavy atom. The molecular weight excluding hydrogens is 404 g/mol. The van der Waals surface area contributed by atoms with Gasteiger partial charge in [0.15, 0.2) is 5.78 Å². The molecule has 1 aromatic carbocycles. The van der Waals surface area contributed by atoms with Crippen molar-refractivity contribution in [2.75, 3.05) is 20.7 Å². The maximum atomic E-state index is 13.4. The molecule has 1 heterocycles. The molecule has 1 aliphatic heterocycles. The first kappa shape index (κ1) is 22.4. The molecule has 0 spiro atoms. The van der Waals surface area contributed by atoms with E-state index in [9.17, 15) is 18.0 Å². The Labute approximate surface area is 171 Å². The summed E-state index contributed by atoms with van der Waals surface area (Å²) in [5.41, 5.74) is 0.352. The molecule has 2 unspecified atom stereocenters. The fourth-order valence-corrected chi connectivity index (χ4v) is 5.19. The summed E-state index contributed by atoms with van der Waals surface area (Å²) in [4.78, 5) is 27.0. The minimum atomic E-state index is -4.08. The maximum absolute atomic E-state index is 13.4. The van der Waals surface area contributed by atoms with Crippen molar-refractivity contribution in [2.24, 2.45) is 0 Å². The summed E-state index contributed by atoms with van der Waals surface area (Å²) in [5.74, 6) is -0.989. The largest absolute Gasteiger partial charge is 0.465 e. The summed E-state index contributed by atoms with van der Waals surface area (Å²) in [7, 11) is -0.578. The molecule has 28 heavy (non-hydrogen) atoms. The topological polar surface area (TPSA) is 84.0 Å². The van der Waals surface area contributed by atoms with Gasteiger partial charge in [0.05, 0.1) is 17.5 Å². The van der Waals surface area contributed by atoms with Gasteiger partial charge >= 0.3 is 5.97 Å². The molecule has 0 aromatic heterocycles. The average molecular weight is 429 g/mol. The lowest BCUT2D eigenvalue weighted by molar-refractivity contribution is -0.150. The van der Waals surface area contributed by atoms with Gasteiger partial charge in [-0.1, -0.05) is 18.5 Å². The number of rotatable bonds is 6. The van der Waals surface area contributed by atoms with Crippen LogP contribution < -0.4 is 0 Å². The molecule has 1 aromatic rings. The fraction of sp³-hybridized carbons (Fsp3) is 0.474. The van der Waals surface area contributed by atoms with E-state index < -0.39 is 28.1 Å². The van der Waals surface area contributed by atoms with E-state index in [-0.39, 0.29) is 23.7 Å². The smallest absolute Gasteiger partial charge is 0.324 e. The molecule has 0 saturated carbocycles. The number of Topliss-reactive ketones (excluding diaryl/α,β-unsaturated/α-hetero) is 1. The third kappa shape index (κ3) is 4.56. The number of sulfonamides is 1. The van der Waals surface area contributed by atoms with Crippen LogP contribution in [-0.4, -0.2) is 62.2 Å². The van der Waals surface area contributed by atoms with Gasteiger partial charge in [-0.15, -0.1) is 0 Å². The molecule has 0 amide bonds. The molecule has 0 aliphatic carbocycles. The van der Waals surface area contributed by atoms with Crippen molar-refractivity contribution in [3.05, 3.63) is 41.1 Å². The van der Waals surface area contributed by atoms with Crippen LogP contribution >= 0.6 is 11.6 Å². The normalized spacial score (nSPS) is 22.3. The Balaban J connectivity index is 2.64. The highest BCUT2D eigenvalue weighted by molar-refractivity contribution is 7.89. The molecule has 2 atom stereocenters. The zero-order chi connectivity index (χ0) is 21.1. The first-order valence-corrected chi connectivity index (χ1v) is 10.8. The van der Waals surface area contributed by atoms with Crippen LogP contribution in [-0.2, 0) is 24.3 Å². The number of piperidine rings is 1. The van der Waals surface area contributed by atoms with E-state index in [0.717, 1.165) is 4.31 Å². The Morgan fingerprint density at radius 2 is 1.89 bits per heavy atom. The summed E-state index contributed by atoms with van der Waals surface area (Å²) in [5, 5.41) is 0.398. The summed E-state index contributed by atoms with van der Waals surface area (Å²) in [6, 6.07) is 3.73. The van der Waals surface area contributed by atoms with Gasteiger partial charge in [-0.2, -0.15) is 4.31 Å². The van der Waals surface area contributed by atoms with Crippen LogP contribution in [0.4, 0.5) is 0 Å². The van der Waals surface area contributed by atoms with Gasteiger partial charge in [0.1, 0.15) is 6.04 Å². The van der Waals surface area contributed by atoms with E-state index >= 15 is 0 Å². The van der Waals surface area contributed by atoms with Crippen molar-refractivity contribution in [3.63, 3.8) is 0 Å². The molecule has 2 rings (SSSR count). The molecule has 0 bridgehead atoms. The van der Waals surface area contributed by atoms with Crippen molar-refractivity contribution in [2.45, 2.75) is 43.7 Å². The van der Waals surface area contributed by atoms with Gasteiger partial charge in [-0.3, -0.25) is 9.59 Å². The van der Waals surface area contributed by atoms with Gasteiger partial charge in [-0.25, -0.2) is 8.42 Å². The van der Waals surface area contributed by atoms with Gasteiger partial charge in [-0.05, 0) is 37.6 Å². The van der Waals surface area contributed by atoms with E-state index in [4.69, 9.17) is 16.3 Å². The number of hydrogen-bond acceptors (Lipinski definition) is 6. The first-order chi connectivity index (χ1) is 13.1. The van der Waals surface area contributed by atoms with Gasteiger partial charge < -0.3 is 9.64 Å². The van der Waals surface area contributed by atoms with Gasteiger partial charge in [0, 0.05) is 37.3 Å². The standard InChI is InChI=1S/C19H25ClN2O5S/c1-5-16-15(12-21(3)4)18(23)11-17(19(24)27-6-2)22(16)28(25,26)14-9-7-13(20)8-10-14/h7-10,12,16-17H,5-6,11H2,1-4H3/b15-12-. The van der Waals surface area contributed by atoms with Crippen LogP contribution in [0.25, 0.3) is 0 Å². The number of carbonyl (C=O) groups excluding carboxylic acids is 2. The number of benzene rings is 1. The lowest BCUT2D eigenvalue weighted by Gasteiger charge is -2.40. The number of nitrogens with zero attached hydrogens (tertiary/aromatic N) is 2. The molecule has 1 saturated heterocycles.